The van der Waals surface area contributed by atoms with Crippen molar-refractivity contribution < 1.29 is 4.74 Å². The van der Waals surface area contributed by atoms with Crippen LogP contribution in [0.4, 0.5) is 5.95 Å². The van der Waals surface area contributed by atoms with Gasteiger partial charge in [-0.1, -0.05) is 25.1 Å². The average molecular weight is 258 g/mol. The van der Waals surface area contributed by atoms with Gasteiger partial charge in [0.25, 0.3) is 0 Å². The zero-order chi connectivity index (χ0) is 13.4. The molecule has 2 heterocycles. The average Bonchev–Trinajstić information content (AvgIpc) is 2.77. The van der Waals surface area contributed by atoms with Gasteiger partial charge < -0.3 is 10.5 Å². The van der Waals surface area contributed by atoms with Crippen molar-refractivity contribution in [3.63, 3.8) is 0 Å². The molecule has 3 rings (SSSR count). The number of rotatable bonds is 2. The Morgan fingerprint density at radius 3 is 2.95 bits per heavy atom. The number of aromatic nitrogens is 3. The maximum Gasteiger partial charge on any atom is 0.239 e. The molecule has 0 amide bonds. The predicted molar refractivity (Wildman–Crippen MR) is 73.0 cm³/mol. The van der Waals surface area contributed by atoms with Crippen molar-refractivity contribution in [3.8, 4) is 5.75 Å². The van der Waals surface area contributed by atoms with Crippen molar-refractivity contribution in [3.05, 3.63) is 35.7 Å². The highest BCUT2D eigenvalue weighted by Crippen LogP contribution is 2.37. The zero-order valence-corrected chi connectivity index (χ0v) is 11.2. The Kier molecular flexibility index (Phi) is 2.89. The Labute approximate surface area is 112 Å². The summed E-state index contributed by atoms with van der Waals surface area (Å²) < 4.78 is 7.39. The first-order valence-corrected chi connectivity index (χ1v) is 6.51. The summed E-state index contributed by atoms with van der Waals surface area (Å²) in [6, 6.07) is 8.18. The van der Waals surface area contributed by atoms with E-state index >= 15 is 0 Å². The maximum absolute atomic E-state index is 5.68. The van der Waals surface area contributed by atoms with Gasteiger partial charge in [0.2, 0.25) is 5.95 Å². The van der Waals surface area contributed by atoms with Crippen LogP contribution >= 0.6 is 0 Å². The third kappa shape index (κ3) is 2.05. The molecule has 0 bridgehead atoms. The predicted octanol–water partition coefficient (Wildman–Crippen LogP) is 1.84. The largest absolute Gasteiger partial charge is 0.496 e. The first kappa shape index (κ1) is 12.0. The molecule has 0 saturated heterocycles. The lowest BCUT2D eigenvalue weighted by Crippen LogP contribution is -2.27. The van der Waals surface area contributed by atoms with Gasteiger partial charge in [-0.25, -0.2) is 4.68 Å². The molecule has 0 radical (unpaired) electrons. The molecule has 1 aromatic carbocycles. The molecule has 2 unspecified atom stereocenters. The van der Waals surface area contributed by atoms with Crippen molar-refractivity contribution in [2.75, 3.05) is 12.8 Å². The number of nitrogen functional groups attached to an aromatic ring is 1. The van der Waals surface area contributed by atoms with Gasteiger partial charge in [0.15, 0.2) is 0 Å². The Bertz CT molecular complexity index is 593. The maximum atomic E-state index is 5.68. The monoisotopic (exact) mass is 258 g/mol. The number of nitrogens with zero attached hydrogens (tertiary/aromatic N) is 3. The molecule has 0 aliphatic carbocycles. The number of hydrogen-bond donors (Lipinski definition) is 1. The van der Waals surface area contributed by atoms with E-state index in [1.54, 1.807) is 7.11 Å². The van der Waals surface area contributed by atoms with Crippen molar-refractivity contribution in [2.45, 2.75) is 25.8 Å². The molecule has 19 heavy (non-hydrogen) atoms. The standard InChI is InChI=1S/C14H18N4O/c1-9-7-13-16-14(15)17-18(13)8-11(9)10-5-3-4-6-12(10)19-2/h3-6,9,11H,7-8H2,1-2H3,(H2,15,17). The minimum Gasteiger partial charge on any atom is -0.496 e. The number of ether oxygens (including phenoxy) is 1. The summed E-state index contributed by atoms with van der Waals surface area (Å²) >= 11 is 0. The van der Waals surface area contributed by atoms with Gasteiger partial charge in [-0.3, -0.25) is 0 Å². The van der Waals surface area contributed by atoms with E-state index in [9.17, 15) is 0 Å². The second-order valence-electron chi connectivity index (χ2n) is 5.10. The molecule has 1 aromatic heterocycles. The molecule has 1 aliphatic rings. The molecular weight excluding hydrogens is 240 g/mol. The minimum absolute atomic E-state index is 0.364. The second kappa shape index (κ2) is 4.57. The summed E-state index contributed by atoms with van der Waals surface area (Å²) in [4.78, 5) is 4.27. The van der Waals surface area contributed by atoms with E-state index in [0.29, 0.717) is 17.8 Å². The smallest absolute Gasteiger partial charge is 0.239 e. The molecule has 2 aromatic rings. The van der Waals surface area contributed by atoms with Gasteiger partial charge in [0.1, 0.15) is 11.6 Å². The van der Waals surface area contributed by atoms with E-state index in [4.69, 9.17) is 10.5 Å². The summed E-state index contributed by atoms with van der Waals surface area (Å²) in [6.07, 6.45) is 0.896. The van der Waals surface area contributed by atoms with Crippen LogP contribution in [0.5, 0.6) is 5.75 Å². The highest BCUT2D eigenvalue weighted by atomic mass is 16.5. The summed E-state index contributed by atoms with van der Waals surface area (Å²) in [5.74, 6) is 3.16. The van der Waals surface area contributed by atoms with Crippen molar-refractivity contribution in [1.82, 2.24) is 14.8 Å². The van der Waals surface area contributed by atoms with Gasteiger partial charge in [-0.2, -0.15) is 4.98 Å². The molecule has 5 nitrogen and oxygen atoms in total. The lowest BCUT2D eigenvalue weighted by atomic mass is 9.82. The Morgan fingerprint density at radius 2 is 2.16 bits per heavy atom. The molecule has 1 aliphatic heterocycles. The fourth-order valence-electron chi connectivity index (χ4n) is 2.87. The Hall–Kier alpha value is -2.04. The van der Waals surface area contributed by atoms with Crippen LogP contribution in [-0.4, -0.2) is 21.9 Å². The number of fused-ring (bicyclic) bond motifs is 1. The van der Waals surface area contributed by atoms with Crippen LogP contribution in [-0.2, 0) is 13.0 Å². The second-order valence-corrected chi connectivity index (χ2v) is 5.10. The van der Waals surface area contributed by atoms with Gasteiger partial charge in [-0.05, 0) is 17.5 Å². The van der Waals surface area contributed by atoms with E-state index in [1.807, 2.05) is 16.8 Å². The van der Waals surface area contributed by atoms with Crippen LogP contribution in [0, 0.1) is 5.92 Å². The zero-order valence-electron chi connectivity index (χ0n) is 11.2. The fraction of sp³-hybridized carbons (Fsp3) is 0.429. The topological polar surface area (TPSA) is 66.0 Å². The van der Waals surface area contributed by atoms with Crippen LogP contribution in [0.3, 0.4) is 0 Å². The number of anilines is 1. The summed E-state index contributed by atoms with van der Waals surface area (Å²) in [5, 5.41) is 4.26. The normalized spacial score (nSPS) is 22.0. The van der Waals surface area contributed by atoms with Gasteiger partial charge in [0, 0.05) is 12.3 Å². The fourth-order valence-corrected chi connectivity index (χ4v) is 2.87. The quantitative estimate of drug-likeness (QED) is 0.892. The van der Waals surface area contributed by atoms with Crippen molar-refractivity contribution in [2.24, 2.45) is 5.92 Å². The van der Waals surface area contributed by atoms with Crippen LogP contribution < -0.4 is 10.5 Å². The van der Waals surface area contributed by atoms with Crippen LogP contribution in [0.2, 0.25) is 0 Å². The number of para-hydroxylation sites is 1. The van der Waals surface area contributed by atoms with Crippen LogP contribution in [0.25, 0.3) is 0 Å². The third-order valence-electron chi connectivity index (χ3n) is 3.86. The summed E-state index contributed by atoms with van der Waals surface area (Å²) in [7, 11) is 1.71. The molecular formula is C14H18N4O. The van der Waals surface area contributed by atoms with E-state index in [-0.39, 0.29) is 0 Å². The first-order chi connectivity index (χ1) is 9.19. The lowest BCUT2D eigenvalue weighted by molar-refractivity contribution is 0.317. The SMILES string of the molecule is COc1ccccc1C1Cn2nc(N)nc2CC1C. The highest BCUT2D eigenvalue weighted by Gasteiger charge is 2.30. The summed E-state index contributed by atoms with van der Waals surface area (Å²) in [5.41, 5.74) is 6.91. The van der Waals surface area contributed by atoms with E-state index < -0.39 is 0 Å². The number of nitrogens with two attached hydrogens (primary N) is 1. The molecule has 0 spiro atoms. The van der Waals surface area contributed by atoms with E-state index in [2.05, 4.69) is 29.1 Å². The molecule has 5 heteroatoms. The lowest BCUT2D eigenvalue weighted by Gasteiger charge is -2.30. The van der Waals surface area contributed by atoms with E-state index in [1.165, 1.54) is 5.56 Å². The number of benzene rings is 1. The third-order valence-corrected chi connectivity index (χ3v) is 3.86. The van der Waals surface area contributed by atoms with Crippen molar-refractivity contribution >= 4 is 5.95 Å². The van der Waals surface area contributed by atoms with Gasteiger partial charge in [0.05, 0.1) is 13.7 Å². The molecule has 0 saturated carbocycles. The molecule has 0 fully saturated rings. The summed E-state index contributed by atoms with van der Waals surface area (Å²) in [6.45, 7) is 3.05. The molecule has 2 atom stereocenters. The highest BCUT2D eigenvalue weighted by molar-refractivity contribution is 5.37. The molecule has 2 N–H and O–H groups in total. The molecule has 100 valence electrons. The minimum atomic E-state index is 0.364. The first-order valence-electron chi connectivity index (χ1n) is 6.51. The van der Waals surface area contributed by atoms with E-state index in [0.717, 1.165) is 24.5 Å². The van der Waals surface area contributed by atoms with Crippen LogP contribution in [0.15, 0.2) is 24.3 Å². The number of hydrogen-bond acceptors (Lipinski definition) is 4. The van der Waals surface area contributed by atoms with Gasteiger partial charge in [-0.15, -0.1) is 5.10 Å². The Morgan fingerprint density at radius 1 is 1.37 bits per heavy atom. The van der Waals surface area contributed by atoms with Gasteiger partial charge >= 0.3 is 0 Å². The van der Waals surface area contributed by atoms with Crippen LogP contribution in [0.1, 0.15) is 24.2 Å². The van der Waals surface area contributed by atoms with Crippen molar-refractivity contribution in [1.29, 1.82) is 0 Å². The number of methoxy groups -OCH3 is 1. The Balaban J connectivity index is 1.98.